The van der Waals surface area contributed by atoms with Gasteiger partial charge in [-0.05, 0) is 56.5 Å². The third-order valence-corrected chi connectivity index (χ3v) is 6.13. The number of nitrogens with one attached hydrogen (secondary N) is 1. The van der Waals surface area contributed by atoms with Crippen molar-refractivity contribution in [3.63, 3.8) is 0 Å². The first-order valence-corrected chi connectivity index (χ1v) is 10.9. The maximum absolute atomic E-state index is 12.1. The van der Waals surface area contributed by atoms with Crippen molar-refractivity contribution < 1.29 is 14.3 Å². The van der Waals surface area contributed by atoms with Gasteiger partial charge in [-0.3, -0.25) is 4.99 Å². The van der Waals surface area contributed by atoms with Crippen LogP contribution in [0.4, 0.5) is 5.69 Å². The lowest BCUT2D eigenvalue weighted by atomic mass is 9.71. The van der Waals surface area contributed by atoms with E-state index >= 15 is 0 Å². The summed E-state index contributed by atoms with van der Waals surface area (Å²) in [7, 11) is 0. The van der Waals surface area contributed by atoms with Crippen molar-refractivity contribution in [3.05, 3.63) is 70.3 Å². The van der Waals surface area contributed by atoms with Crippen molar-refractivity contribution in [3.8, 4) is 5.75 Å². The molecular formula is C26H29N2O3+. The van der Waals surface area contributed by atoms with E-state index in [4.69, 9.17) is 4.42 Å². The predicted molar refractivity (Wildman–Crippen MR) is 125 cm³/mol. The van der Waals surface area contributed by atoms with Crippen molar-refractivity contribution in [1.82, 2.24) is 0 Å². The van der Waals surface area contributed by atoms with Crippen molar-refractivity contribution in [1.29, 1.82) is 0 Å². The first kappa shape index (κ1) is 21.0. The number of aliphatic imine (C=N–C) groups is 1. The summed E-state index contributed by atoms with van der Waals surface area (Å²) in [5, 5.41) is 13.3. The number of aryl methyl sites for hydroxylation is 1. The highest BCUT2D eigenvalue weighted by molar-refractivity contribution is 6.15. The van der Waals surface area contributed by atoms with Gasteiger partial charge in [0.25, 0.3) is 0 Å². The fourth-order valence-corrected chi connectivity index (χ4v) is 4.72. The lowest BCUT2D eigenvalue weighted by molar-refractivity contribution is -0.374. The molecular weight excluding hydrogens is 388 g/mol. The van der Waals surface area contributed by atoms with E-state index in [1.807, 2.05) is 19.1 Å². The van der Waals surface area contributed by atoms with Gasteiger partial charge in [-0.25, -0.2) is 9.22 Å². The molecule has 2 aliphatic rings. The third kappa shape index (κ3) is 3.80. The molecule has 1 aliphatic carbocycles. The van der Waals surface area contributed by atoms with E-state index in [1.165, 1.54) is 0 Å². The van der Waals surface area contributed by atoms with Gasteiger partial charge in [-0.15, -0.1) is 0 Å². The smallest absolute Gasteiger partial charge is 0.358 e. The number of anilines is 1. The Morgan fingerprint density at radius 2 is 1.97 bits per heavy atom. The molecule has 31 heavy (non-hydrogen) atoms. The number of aromatic carboxylic acids is 1. The molecule has 1 heterocycles. The maximum atomic E-state index is 12.1. The Morgan fingerprint density at radius 3 is 2.68 bits per heavy atom. The van der Waals surface area contributed by atoms with E-state index in [0.29, 0.717) is 12.0 Å². The molecule has 2 aromatic rings. The van der Waals surface area contributed by atoms with Crippen LogP contribution in [-0.4, -0.2) is 35.7 Å². The third-order valence-electron chi connectivity index (χ3n) is 6.13. The summed E-state index contributed by atoms with van der Waals surface area (Å²) in [5.74, 6) is 0.659. The number of carboxylic acid groups (broad SMARTS) is 1. The predicted octanol–water partition coefficient (Wildman–Crippen LogP) is 5.52. The SMILES string of the molecule is CCN=C1CC2=[O+]c3cc(NCC)c(C)cc3[C@H](c3ccccc3C(=O)O)[C@H]2C=C1C. The highest BCUT2D eigenvalue weighted by Crippen LogP contribution is 2.47. The van der Waals surface area contributed by atoms with Gasteiger partial charge in [0.15, 0.2) is 0 Å². The van der Waals surface area contributed by atoms with Gasteiger partial charge in [0.05, 0.1) is 22.9 Å². The van der Waals surface area contributed by atoms with Crippen LogP contribution in [-0.2, 0) is 4.42 Å². The lowest BCUT2D eigenvalue weighted by Gasteiger charge is -2.29. The van der Waals surface area contributed by atoms with Gasteiger partial charge in [-0.1, -0.05) is 24.3 Å². The van der Waals surface area contributed by atoms with Gasteiger partial charge < -0.3 is 10.4 Å². The molecule has 0 aromatic heterocycles. The van der Waals surface area contributed by atoms with Crippen LogP contribution in [0.15, 0.2) is 53.0 Å². The van der Waals surface area contributed by atoms with Crippen LogP contribution in [0.5, 0.6) is 5.75 Å². The highest BCUT2D eigenvalue weighted by Gasteiger charge is 2.46. The Labute approximate surface area is 183 Å². The largest absolute Gasteiger partial charge is 0.478 e. The maximum Gasteiger partial charge on any atom is 0.358 e. The fraction of sp³-hybridized carbons (Fsp3) is 0.346. The number of carboxylic acids is 1. The van der Waals surface area contributed by atoms with E-state index < -0.39 is 5.97 Å². The van der Waals surface area contributed by atoms with Crippen LogP contribution in [0.3, 0.4) is 0 Å². The molecule has 0 unspecified atom stereocenters. The Morgan fingerprint density at radius 1 is 1.19 bits per heavy atom. The molecule has 0 fully saturated rings. The average Bonchev–Trinajstić information content (AvgIpc) is 2.74. The number of carbonyl (C=O) groups is 1. The number of rotatable bonds is 5. The fourth-order valence-electron chi connectivity index (χ4n) is 4.72. The Hall–Kier alpha value is -3.21. The monoisotopic (exact) mass is 417 g/mol. The number of carbonyl (C=O) groups excluding carboxylic acids is 1. The van der Waals surface area contributed by atoms with Crippen molar-refractivity contribution in [2.45, 2.75) is 40.0 Å². The standard InChI is InChI=1S/C26H28N2O3/c1-5-27-21-13-23-19(11-15(21)3)25(17-9-7-8-10-18(17)26(29)30)20-12-16(4)22(28-6-2)14-24(20)31-23/h7-13,20,25,27H,5-6,14H2,1-4H3/p+1/t20-,25-/m0/s1. The van der Waals surface area contributed by atoms with E-state index in [9.17, 15) is 9.90 Å². The molecule has 5 heteroatoms. The van der Waals surface area contributed by atoms with Crippen LogP contribution in [0.25, 0.3) is 0 Å². The summed E-state index contributed by atoms with van der Waals surface area (Å²) in [6.07, 6.45) is 2.85. The number of nitrogens with zero attached hydrogens (tertiary/aromatic N) is 1. The zero-order valence-electron chi connectivity index (χ0n) is 18.5. The number of allylic oxidation sites excluding steroid dienone is 2. The second-order valence-corrected chi connectivity index (χ2v) is 8.15. The minimum Gasteiger partial charge on any atom is -0.478 e. The Balaban J connectivity index is 1.97. The topological polar surface area (TPSA) is 73.0 Å². The van der Waals surface area contributed by atoms with Gasteiger partial charge >= 0.3 is 17.5 Å². The molecule has 0 spiro atoms. The summed E-state index contributed by atoms with van der Waals surface area (Å²) in [5.41, 5.74) is 6.53. The Kier molecular flexibility index (Phi) is 5.77. The van der Waals surface area contributed by atoms with E-state index in [0.717, 1.165) is 58.3 Å². The summed E-state index contributed by atoms with van der Waals surface area (Å²) < 4.78 is 6.46. The van der Waals surface area contributed by atoms with Crippen LogP contribution >= 0.6 is 0 Å². The highest BCUT2D eigenvalue weighted by atomic mass is 16.4. The molecule has 2 N–H and O–H groups in total. The molecule has 4 rings (SSSR count). The molecule has 0 saturated heterocycles. The molecule has 1 aliphatic heterocycles. The zero-order chi connectivity index (χ0) is 22.1. The zero-order valence-corrected chi connectivity index (χ0v) is 18.5. The van der Waals surface area contributed by atoms with Crippen LogP contribution in [0.1, 0.15) is 60.2 Å². The van der Waals surface area contributed by atoms with E-state index in [1.54, 1.807) is 12.1 Å². The molecule has 0 amide bonds. The molecule has 160 valence electrons. The van der Waals surface area contributed by atoms with Gasteiger partial charge in [0, 0.05) is 24.7 Å². The van der Waals surface area contributed by atoms with Crippen molar-refractivity contribution in [2.24, 2.45) is 10.9 Å². The minimum absolute atomic E-state index is 0.0341. The average molecular weight is 418 g/mol. The van der Waals surface area contributed by atoms with Crippen LogP contribution in [0, 0.1) is 12.8 Å². The lowest BCUT2D eigenvalue weighted by Crippen LogP contribution is -2.33. The number of hydrogen-bond donors (Lipinski definition) is 2. The molecule has 0 bridgehead atoms. The normalized spacial score (nSPS) is 21.1. The van der Waals surface area contributed by atoms with Gasteiger partial charge in [0.1, 0.15) is 12.3 Å². The molecule has 0 radical (unpaired) electrons. The number of fused-ring (bicyclic) bond motifs is 2. The minimum atomic E-state index is -0.907. The quantitative estimate of drug-likeness (QED) is 0.630. The second-order valence-electron chi connectivity index (χ2n) is 8.15. The molecule has 5 nitrogen and oxygen atoms in total. The number of ketones is 1. The number of benzene rings is 2. The summed E-state index contributed by atoms with van der Waals surface area (Å²) >= 11 is 0. The van der Waals surface area contributed by atoms with Gasteiger partial charge in [-0.2, -0.15) is 0 Å². The van der Waals surface area contributed by atoms with Crippen LogP contribution < -0.4 is 5.32 Å². The van der Waals surface area contributed by atoms with Gasteiger partial charge in [0.2, 0.25) is 0 Å². The molecule has 0 saturated carbocycles. The van der Waals surface area contributed by atoms with E-state index in [-0.39, 0.29) is 11.8 Å². The first-order chi connectivity index (χ1) is 14.9. The number of hydrogen-bond acceptors (Lipinski definition) is 3. The van der Waals surface area contributed by atoms with E-state index in [2.05, 4.69) is 49.3 Å². The molecule has 2 atom stereocenters. The second kappa shape index (κ2) is 8.50. The van der Waals surface area contributed by atoms with Crippen molar-refractivity contribution >= 4 is 23.2 Å². The van der Waals surface area contributed by atoms with Crippen molar-refractivity contribution in [2.75, 3.05) is 18.4 Å². The summed E-state index contributed by atoms with van der Waals surface area (Å²) in [4.78, 5) is 16.7. The molecule has 2 aromatic carbocycles. The summed E-state index contributed by atoms with van der Waals surface area (Å²) in [6, 6.07) is 11.5. The first-order valence-electron chi connectivity index (χ1n) is 10.9. The Bertz CT molecular complexity index is 1130. The van der Waals surface area contributed by atoms with Crippen LogP contribution in [0.2, 0.25) is 0 Å². The summed E-state index contributed by atoms with van der Waals surface area (Å²) in [6.45, 7) is 9.81.